The molecule has 1 aromatic rings. The summed E-state index contributed by atoms with van der Waals surface area (Å²) in [6, 6.07) is 2.56. The quantitative estimate of drug-likeness (QED) is 0.419. The summed E-state index contributed by atoms with van der Waals surface area (Å²) in [6.07, 6.45) is 6.79. The molecule has 0 saturated heterocycles. The molecular weight excluding hydrogens is 336 g/mol. The molecule has 0 fully saturated rings. The molecule has 0 amide bonds. The van der Waals surface area contributed by atoms with Gasteiger partial charge in [-0.3, -0.25) is 0 Å². The van der Waals surface area contributed by atoms with Crippen LogP contribution >= 0.6 is 0 Å². The summed E-state index contributed by atoms with van der Waals surface area (Å²) in [5.74, 6) is 5.34. The highest BCUT2D eigenvalue weighted by molar-refractivity contribution is 5.50. The van der Waals surface area contributed by atoms with Gasteiger partial charge in [-0.25, -0.2) is 0 Å². The van der Waals surface area contributed by atoms with Crippen molar-refractivity contribution in [2.45, 2.75) is 119 Å². The second kappa shape index (κ2) is 9.82. The highest BCUT2D eigenvalue weighted by Crippen LogP contribution is 2.45. The Morgan fingerprint density at radius 2 is 1.43 bits per heavy atom. The Kier molecular flexibility index (Phi) is 8.24. The van der Waals surface area contributed by atoms with Crippen molar-refractivity contribution in [1.29, 1.82) is 0 Å². The molecule has 0 saturated carbocycles. The number of aryl methyl sites for hydroxylation is 1. The van der Waals surface area contributed by atoms with Crippen LogP contribution in [0.4, 0.5) is 0 Å². The largest absolute Gasteiger partial charge is 0.0628 e. The summed E-state index contributed by atoms with van der Waals surface area (Å²) in [6.45, 7) is 24.3. The van der Waals surface area contributed by atoms with Crippen LogP contribution < -0.4 is 0 Å². The number of benzene rings is 1. The molecule has 0 N–H and O–H groups in total. The van der Waals surface area contributed by atoms with Crippen LogP contribution in [-0.4, -0.2) is 0 Å². The van der Waals surface area contributed by atoms with Crippen LogP contribution in [0.15, 0.2) is 6.07 Å². The van der Waals surface area contributed by atoms with Gasteiger partial charge in [0.25, 0.3) is 0 Å². The zero-order valence-electron chi connectivity index (χ0n) is 20.7. The predicted octanol–water partition coefficient (Wildman–Crippen LogP) is 9.14. The minimum Gasteiger partial charge on any atom is -0.0628 e. The summed E-state index contributed by atoms with van der Waals surface area (Å²) in [4.78, 5) is 0. The van der Waals surface area contributed by atoms with Crippen molar-refractivity contribution in [3.63, 3.8) is 0 Å². The fraction of sp³-hybridized carbons (Fsp3) is 0.786. The van der Waals surface area contributed by atoms with E-state index < -0.39 is 0 Å². The van der Waals surface area contributed by atoms with E-state index in [0.29, 0.717) is 5.92 Å². The predicted molar refractivity (Wildman–Crippen MR) is 127 cm³/mol. The first-order valence-electron chi connectivity index (χ1n) is 12.2. The lowest BCUT2D eigenvalue weighted by atomic mass is 9.70. The van der Waals surface area contributed by atoms with Crippen molar-refractivity contribution < 1.29 is 0 Å². The zero-order chi connectivity index (χ0) is 21.2. The molecule has 5 unspecified atom stereocenters. The summed E-state index contributed by atoms with van der Waals surface area (Å²) < 4.78 is 0. The van der Waals surface area contributed by atoms with Gasteiger partial charge in [0.15, 0.2) is 0 Å². The molecule has 0 aromatic heterocycles. The molecule has 5 atom stereocenters. The van der Waals surface area contributed by atoms with Crippen LogP contribution in [-0.2, 0) is 0 Å². The van der Waals surface area contributed by atoms with Crippen molar-refractivity contribution >= 4 is 0 Å². The lowest BCUT2D eigenvalue weighted by molar-refractivity contribution is 0.220. The minimum absolute atomic E-state index is 0.655. The average Bonchev–Trinajstić information content (AvgIpc) is 2.61. The highest BCUT2D eigenvalue weighted by Gasteiger charge is 2.29. The van der Waals surface area contributed by atoms with Crippen LogP contribution in [0.3, 0.4) is 0 Å². The number of rotatable bonds is 8. The first-order valence-corrected chi connectivity index (χ1v) is 12.2. The standard InChI is InChI=1S/C28H48/c1-17(2)11-12-19(5)25(18(3)4)15-22(8)26-16-23(9)27-20(6)13-14-21(7)28(27)24(26)10/h16-22,25H,11-15H2,1-10H3. The Hall–Kier alpha value is -0.780. The van der Waals surface area contributed by atoms with Crippen LogP contribution in [0.1, 0.15) is 133 Å². The van der Waals surface area contributed by atoms with E-state index in [1.54, 1.807) is 27.8 Å². The summed E-state index contributed by atoms with van der Waals surface area (Å²) in [5, 5.41) is 0. The van der Waals surface area contributed by atoms with Gasteiger partial charge in [0.05, 0.1) is 0 Å². The molecule has 1 aliphatic rings. The summed E-state index contributed by atoms with van der Waals surface area (Å²) >= 11 is 0. The Labute approximate surface area is 176 Å². The van der Waals surface area contributed by atoms with Gasteiger partial charge in [0.1, 0.15) is 0 Å². The molecule has 0 nitrogen and oxygen atoms in total. The summed E-state index contributed by atoms with van der Waals surface area (Å²) in [5.41, 5.74) is 8.19. The molecule has 28 heavy (non-hydrogen) atoms. The first-order chi connectivity index (χ1) is 13.0. The van der Waals surface area contributed by atoms with Gasteiger partial charge in [0.2, 0.25) is 0 Å². The maximum absolute atomic E-state index is 2.56. The third kappa shape index (κ3) is 5.22. The Bertz CT molecular complexity index is 636. The lowest BCUT2D eigenvalue weighted by Crippen LogP contribution is -2.22. The monoisotopic (exact) mass is 384 g/mol. The Balaban J connectivity index is 2.29. The number of hydrogen-bond acceptors (Lipinski definition) is 0. The van der Waals surface area contributed by atoms with Crippen LogP contribution in [0, 0.1) is 37.5 Å². The minimum atomic E-state index is 0.655. The molecule has 1 aliphatic carbocycles. The molecule has 0 spiro atoms. The van der Waals surface area contributed by atoms with E-state index in [4.69, 9.17) is 0 Å². The maximum atomic E-state index is 2.56. The molecule has 0 aliphatic heterocycles. The van der Waals surface area contributed by atoms with Crippen molar-refractivity contribution in [2.75, 3.05) is 0 Å². The first kappa shape index (κ1) is 23.5. The molecule has 0 heteroatoms. The fourth-order valence-electron chi connectivity index (χ4n) is 6.09. The van der Waals surface area contributed by atoms with E-state index in [1.165, 1.54) is 32.1 Å². The second-order valence-electron chi connectivity index (χ2n) is 11.1. The third-order valence-corrected chi connectivity index (χ3v) is 7.89. The average molecular weight is 385 g/mol. The Morgan fingerprint density at radius 1 is 0.857 bits per heavy atom. The van der Waals surface area contributed by atoms with Crippen LogP contribution in [0.25, 0.3) is 0 Å². The van der Waals surface area contributed by atoms with Crippen LogP contribution in [0.5, 0.6) is 0 Å². The summed E-state index contributed by atoms with van der Waals surface area (Å²) in [7, 11) is 0. The maximum Gasteiger partial charge on any atom is -0.0185 e. The van der Waals surface area contributed by atoms with Gasteiger partial charge in [0, 0.05) is 0 Å². The molecule has 0 bridgehead atoms. The van der Waals surface area contributed by atoms with E-state index in [0.717, 1.165) is 35.5 Å². The van der Waals surface area contributed by atoms with Crippen molar-refractivity contribution in [3.05, 3.63) is 33.9 Å². The van der Waals surface area contributed by atoms with E-state index in [1.807, 2.05) is 0 Å². The fourth-order valence-corrected chi connectivity index (χ4v) is 6.09. The zero-order valence-corrected chi connectivity index (χ0v) is 20.7. The van der Waals surface area contributed by atoms with Gasteiger partial charge < -0.3 is 0 Å². The molecule has 0 heterocycles. The highest BCUT2D eigenvalue weighted by atomic mass is 14.3. The van der Waals surface area contributed by atoms with Crippen molar-refractivity contribution in [1.82, 2.24) is 0 Å². The molecule has 2 rings (SSSR count). The Morgan fingerprint density at radius 3 is 1.96 bits per heavy atom. The third-order valence-electron chi connectivity index (χ3n) is 7.89. The lowest BCUT2D eigenvalue weighted by Gasteiger charge is -2.35. The smallest absolute Gasteiger partial charge is 0.0185 e. The van der Waals surface area contributed by atoms with E-state index in [9.17, 15) is 0 Å². The topological polar surface area (TPSA) is 0 Å². The SMILES string of the molecule is Cc1cc(C(C)CC(C(C)C)C(C)CCC(C)C)c(C)c2c1C(C)CCC2C. The molecule has 1 aromatic carbocycles. The van der Waals surface area contributed by atoms with Crippen molar-refractivity contribution in [3.8, 4) is 0 Å². The van der Waals surface area contributed by atoms with Gasteiger partial charge in [-0.1, -0.05) is 74.3 Å². The molecule has 0 radical (unpaired) electrons. The number of fused-ring (bicyclic) bond motifs is 1. The molecular formula is C28H48. The van der Waals surface area contributed by atoms with Gasteiger partial charge >= 0.3 is 0 Å². The van der Waals surface area contributed by atoms with E-state index in [-0.39, 0.29) is 0 Å². The van der Waals surface area contributed by atoms with Crippen LogP contribution in [0.2, 0.25) is 0 Å². The second-order valence-corrected chi connectivity index (χ2v) is 11.1. The van der Waals surface area contributed by atoms with E-state index in [2.05, 4.69) is 75.3 Å². The number of hydrogen-bond donors (Lipinski definition) is 0. The van der Waals surface area contributed by atoms with E-state index >= 15 is 0 Å². The van der Waals surface area contributed by atoms with Gasteiger partial charge in [-0.15, -0.1) is 0 Å². The van der Waals surface area contributed by atoms with Gasteiger partial charge in [-0.2, -0.15) is 0 Å². The van der Waals surface area contributed by atoms with Gasteiger partial charge in [-0.05, 0) is 102 Å². The van der Waals surface area contributed by atoms with Crippen molar-refractivity contribution in [2.24, 2.45) is 23.7 Å². The normalized spacial score (nSPS) is 23.0. The molecule has 160 valence electrons.